The van der Waals surface area contributed by atoms with Gasteiger partial charge < -0.3 is 5.32 Å². The Morgan fingerprint density at radius 3 is 3.55 bits per heavy atom. The van der Waals surface area contributed by atoms with Crippen LogP contribution in [0.1, 0.15) is 0 Å². The molecule has 1 aliphatic rings. The molecule has 0 amide bonds. The summed E-state index contributed by atoms with van der Waals surface area (Å²) in [7, 11) is 0. The van der Waals surface area contributed by atoms with Crippen molar-refractivity contribution >= 4 is 29.1 Å². The fourth-order valence-electron chi connectivity index (χ4n) is 0.955. The first kappa shape index (κ1) is 7.25. The van der Waals surface area contributed by atoms with Gasteiger partial charge in [-0.05, 0) is 6.07 Å². The molecule has 0 atom stereocenters. The quantitative estimate of drug-likeness (QED) is 0.670. The first-order chi connectivity index (χ1) is 5.36. The monoisotopic (exact) mass is 185 g/mol. The van der Waals surface area contributed by atoms with E-state index in [2.05, 4.69) is 16.5 Å². The van der Waals surface area contributed by atoms with Gasteiger partial charge in [0.05, 0.1) is 10.7 Å². The van der Waals surface area contributed by atoms with Gasteiger partial charge in [-0.1, -0.05) is 11.6 Å². The predicted molar refractivity (Wildman–Crippen MR) is 47.3 cm³/mol. The van der Waals surface area contributed by atoms with Crippen molar-refractivity contribution in [3.8, 4) is 0 Å². The summed E-state index contributed by atoms with van der Waals surface area (Å²) in [6, 6.07) is 1.86. The summed E-state index contributed by atoms with van der Waals surface area (Å²) in [4.78, 5) is 4.06. The smallest absolute Gasteiger partial charge is 0.120 e. The molecule has 0 unspecified atom stereocenters. The van der Waals surface area contributed by atoms with Gasteiger partial charge >= 0.3 is 0 Å². The lowest BCUT2D eigenvalue weighted by Gasteiger charge is -2.15. The van der Waals surface area contributed by atoms with Crippen molar-refractivity contribution in [2.75, 3.05) is 17.6 Å². The lowest BCUT2D eigenvalue weighted by molar-refractivity contribution is 1.06. The molecule has 0 saturated heterocycles. The van der Waals surface area contributed by atoms with Crippen LogP contribution in [0, 0.1) is 6.20 Å². The van der Waals surface area contributed by atoms with Crippen LogP contribution < -0.4 is 5.32 Å². The molecule has 2 rings (SSSR count). The topological polar surface area (TPSA) is 24.9 Å². The number of anilines is 1. The Morgan fingerprint density at radius 2 is 2.64 bits per heavy atom. The number of nitrogens with one attached hydrogen (secondary N) is 1. The van der Waals surface area contributed by atoms with E-state index in [4.69, 9.17) is 11.6 Å². The molecule has 1 aromatic rings. The van der Waals surface area contributed by atoms with Crippen LogP contribution in [0.2, 0.25) is 5.02 Å². The summed E-state index contributed by atoms with van der Waals surface area (Å²) < 4.78 is 0. The summed E-state index contributed by atoms with van der Waals surface area (Å²) in [5, 5.41) is 4.78. The number of hydrogen-bond acceptors (Lipinski definition) is 3. The third kappa shape index (κ3) is 1.44. The number of hydrogen-bond donors (Lipinski definition) is 1. The van der Waals surface area contributed by atoms with E-state index in [1.807, 2.05) is 6.07 Å². The van der Waals surface area contributed by atoms with E-state index in [1.165, 1.54) is 0 Å². The number of nitrogens with zero attached hydrogens (tertiary/aromatic N) is 1. The molecule has 0 fully saturated rings. The fourth-order valence-corrected chi connectivity index (χ4v) is 1.90. The summed E-state index contributed by atoms with van der Waals surface area (Å²) >= 11 is 7.44. The minimum absolute atomic E-state index is 0.568. The maximum absolute atomic E-state index is 5.71. The lowest BCUT2D eigenvalue weighted by atomic mass is 10.4. The zero-order valence-corrected chi connectivity index (χ0v) is 7.30. The second-order valence-electron chi connectivity index (χ2n) is 2.21. The summed E-state index contributed by atoms with van der Waals surface area (Å²) in [6.07, 6.45) is 2.71. The van der Waals surface area contributed by atoms with Crippen molar-refractivity contribution < 1.29 is 0 Å². The number of fused-ring (bicyclic) bond motifs is 1. The van der Waals surface area contributed by atoms with Gasteiger partial charge in [0.2, 0.25) is 0 Å². The molecule has 4 heteroatoms. The molecule has 1 aliphatic heterocycles. The van der Waals surface area contributed by atoms with E-state index in [1.54, 1.807) is 11.8 Å². The lowest BCUT2D eigenvalue weighted by Crippen LogP contribution is -2.10. The van der Waals surface area contributed by atoms with Crippen molar-refractivity contribution in [2.24, 2.45) is 0 Å². The highest BCUT2D eigenvalue weighted by atomic mass is 35.5. The van der Waals surface area contributed by atoms with Crippen molar-refractivity contribution in [3.63, 3.8) is 0 Å². The number of thioether (sulfide) groups is 1. The Balaban J connectivity index is 2.43. The number of pyridine rings is 1. The first-order valence-corrected chi connectivity index (χ1v) is 4.67. The zero-order chi connectivity index (χ0) is 7.68. The standard InChI is InChI=1S/C7H6ClN2S/c8-5-3-6-7(10-4-5)11-2-1-9-6/h3,9H,1-2H2. The van der Waals surface area contributed by atoms with E-state index in [9.17, 15) is 0 Å². The third-order valence-electron chi connectivity index (χ3n) is 1.42. The number of rotatable bonds is 0. The molecule has 0 spiro atoms. The van der Waals surface area contributed by atoms with Crippen LogP contribution in [0.25, 0.3) is 0 Å². The van der Waals surface area contributed by atoms with Crippen LogP contribution >= 0.6 is 23.4 Å². The fraction of sp³-hybridized carbons (Fsp3) is 0.286. The Kier molecular flexibility index (Phi) is 1.92. The molecule has 57 valence electrons. The Hall–Kier alpha value is -0.410. The molecule has 1 aromatic heterocycles. The van der Waals surface area contributed by atoms with E-state index >= 15 is 0 Å². The van der Waals surface area contributed by atoms with Crippen molar-refractivity contribution in [2.45, 2.75) is 5.03 Å². The molecule has 0 aromatic carbocycles. The van der Waals surface area contributed by atoms with Gasteiger partial charge in [-0.15, -0.1) is 11.8 Å². The highest BCUT2D eigenvalue weighted by Gasteiger charge is 2.09. The minimum Gasteiger partial charge on any atom is -0.382 e. The van der Waals surface area contributed by atoms with E-state index in [0.717, 1.165) is 23.0 Å². The third-order valence-corrected chi connectivity index (χ3v) is 2.61. The summed E-state index contributed by atoms with van der Waals surface area (Å²) in [5.41, 5.74) is 1.03. The van der Waals surface area contributed by atoms with Crippen LogP contribution in [-0.4, -0.2) is 17.3 Å². The first-order valence-electron chi connectivity index (χ1n) is 3.31. The van der Waals surface area contributed by atoms with Gasteiger partial charge in [-0.25, -0.2) is 4.98 Å². The maximum atomic E-state index is 5.71. The molecular formula is C7H6ClN2S. The van der Waals surface area contributed by atoms with Crippen molar-refractivity contribution in [1.29, 1.82) is 0 Å². The van der Waals surface area contributed by atoms with Gasteiger partial charge in [0, 0.05) is 12.3 Å². The van der Waals surface area contributed by atoms with Gasteiger partial charge in [0.25, 0.3) is 0 Å². The number of halogens is 1. The summed E-state index contributed by atoms with van der Waals surface area (Å²) in [6.45, 7) is 0.986. The number of aromatic nitrogens is 1. The van der Waals surface area contributed by atoms with Gasteiger partial charge in [0.15, 0.2) is 0 Å². The summed E-state index contributed by atoms with van der Waals surface area (Å²) in [5.74, 6) is 1.06. The van der Waals surface area contributed by atoms with Crippen molar-refractivity contribution in [1.82, 2.24) is 4.98 Å². The van der Waals surface area contributed by atoms with Crippen LogP contribution in [0.5, 0.6) is 0 Å². The molecular weight excluding hydrogens is 180 g/mol. The molecule has 0 bridgehead atoms. The van der Waals surface area contributed by atoms with E-state index in [0.29, 0.717) is 5.02 Å². The molecule has 0 aliphatic carbocycles. The average Bonchev–Trinajstić information content (AvgIpc) is 2.04. The van der Waals surface area contributed by atoms with Crippen LogP contribution in [0.15, 0.2) is 11.1 Å². The maximum Gasteiger partial charge on any atom is 0.120 e. The van der Waals surface area contributed by atoms with E-state index < -0.39 is 0 Å². The normalized spacial score (nSPS) is 15.4. The second-order valence-corrected chi connectivity index (χ2v) is 3.70. The highest BCUT2D eigenvalue weighted by Crippen LogP contribution is 2.29. The second kappa shape index (κ2) is 2.91. The van der Waals surface area contributed by atoms with Gasteiger partial charge in [0.1, 0.15) is 11.2 Å². The van der Waals surface area contributed by atoms with Crippen molar-refractivity contribution in [3.05, 3.63) is 17.3 Å². The Morgan fingerprint density at radius 1 is 1.73 bits per heavy atom. The predicted octanol–water partition coefficient (Wildman–Crippen LogP) is 2.05. The molecule has 1 radical (unpaired) electrons. The van der Waals surface area contributed by atoms with Gasteiger partial charge in [-0.3, -0.25) is 0 Å². The Labute approximate surface area is 74.4 Å². The Bertz CT molecular complexity index is 277. The molecule has 0 saturated carbocycles. The van der Waals surface area contributed by atoms with Crippen LogP contribution in [0.4, 0.5) is 5.69 Å². The molecule has 2 heterocycles. The molecule has 1 N–H and O–H groups in total. The highest BCUT2D eigenvalue weighted by molar-refractivity contribution is 7.99. The average molecular weight is 186 g/mol. The van der Waals surface area contributed by atoms with Crippen LogP contribution in [-0.2, 0) is 0 Å². The SMILES string of the molecule is Clc1[c]nc2c(c1)NCCS2. The minimum atomic E-state index is 0.568. The molecule has 2 nitrogen and oxygen atoms in total. The van der Waals surface area contributed by atoms with Gasteiger partial charge in [-0.2, -0.15) is 0 Å². The van der Waals surface area contributed by atoms with Crippen LogP contribution in [0.3, 0.4) is 0 Å². The largest absolute Gasteiger partial charge is 0.382 e. The molecule has 11 heavy (non-hydrogen) atoms. The van der Waals surface area contributed by atoms with E-state index in [-0.39, 0.29) is 0 Å². The zero-order valence-electron chi connectivity index (χ0n) is 5.72.